The number of amides is 1. The molecule has 34 heavy (non-hydrogen) atoms. The summed E-state index contributed by atoms with van der Waals surface area (Å²) in [5.74, 6) is -0.746. The fraction of sp³-hybridized carbons (Fsp3) is 0.385. The van der Waals surface area contributed by atoms with E-state index in [-0.39, 0.29) is 17.5 Å². The van der Waals surface area contributed by atoms with Crippen LogP contribution in [0.4, 0.5) is 18.9 Å². The largest absolute Gasteiger partial charge is 0.416 e. The Balaban J connectivity index is 1.69. The van der Waals surface area contributed by atoms with Gasteiger partial charge in [0.15, 0.2) is 0 Å². The number of hydrogen-bond donors (Lipinski definition) is 2. The van der Waals surface area contributed by atoms with Crippen molar-refractivity contribution in [2.75, 3.05) is 5.32 Å². The minimum atomic E-state index is -4.50. The highest BCUT2D eigenvalue weighted by Crippen LogP contribution is 2.41. The Morgan fingerprint density at radius 2 is 1.76 bits per heavy atom. The van der Waals surface area contributed by atoms with Gasteiger partial charge in [0.25, 0.3) is 5.91 Å². The number of nitrogens with two attached hydrogens (primary N) is 1. The topological polar surface area (TPSA) is 77.1 Å². The molecule has 1 aromatic heterocycles. The summed E-state index contributed by atoms with van der Waals surface area (Å²) in [6, 6.07) is 9.07. The maximum atomic E-state index is 13.4. The molecule has 2 aromatic carbocycles. The van der Waals surface area contributed by atoms with E-state index in [4.69, 9.17) is 5.73 Å². The van der Waals surface area contributed by atoms with Crippen LogP contribution in [-0.4, -0.2) is 22.4 Å². The Kier molecular flexibility index (Phi) is 5.62. The van der Waals surface area contributed by atoms with Crippen molar-refractivity contribution in [2.24, 2.45) is 5.73 Å². The van der Waals surface area contributed by atoms with Crippen LogP contribution in [-0.2, 0) is 12.6 Å². The lowest BCUT2D eigenvalue weighted by Crippen LogP contribution is -2.24. The van der Waals surface area contributed by atoms with Gasteiger partial charge in [-0.3, -0.25) is 14.2 Å². The second-order valence-corrected chi connectivity index (χ2v) is 9.24. The highest BCUT2D eigenvalue weighted by atomic mass is 19.4. The summed E-state index contributed by atoms with van der Waals surface area (Å²) in [4.78, 5) is 24.9. The van der Waals surface area contributed by atoms with Crippen LogP contribution in [0, 0.1) is 0 Å². The second-order valence-electron chi connectivity index (χ2n) is 9.24. The average molecular weight is 470 g/mol. The van der Waals surface area contributed by atoms with E-state index in [1.165, 1.54) is 17.1 Å². The van der Waals surface area contributed by atoms with Gasteiger partial charge >= 0.3 is 6.18 Å². The van der Waals surface area contributed by atoms with Crippen LogP contribution in [0.2, 0.25) is 0 Å². The van der Waals surface area contributed by atoms with Crippen molar-refractivity contribution in [3.05, 3.63) is 53.2 Å². The number of carbonyl (C=O) groups is 2. The first-order chi connectivity index (χ1) is 16.2. The first-order valence-electron chi connectivity index (χ1n) is 11.7. The van der Waals surface area contributed by atoms with Gasteiger partial charge in [0.2, 0.25) is 5.91 Å². The summed E-state index contributed by atoms with van der Waals surface area (Å²) < 4.78 is 41.7. The molecule has 3 aromatic rings. The maximum absolute atomic E-state index is 13.4. The van der Waals surface area contributed by atoms with E-state index in [0.29, 0.717) is 41.6 Å². The van der Waals surface area contributed by atoms with Crippen molar-refractivity contribution >= 4 is 28.4 Å². The number of primary amides is 1. The van der Waals surface area contributed by atoms with Gasteiger partial charge in [0.05, 0.1) is 16.6 Å². The molecule has 2 aliphatic rings. The van der Waals surface area contributed by atoms with Crippen molar-refractivity contribution in [1.82, 2.24) is 4.57 Å². The Labute approximate surface area is 195 Å². The molecule has 2 heterocycles. The SMILES string of the molecule is NC(=O)c1ccc(-c2c3n(c4cc(C(F)(F)F)ccc24)C(=O)CCC3)cc1NC1CCCCC1. The van der Waals surface area contributed by atoms with E-state index in [1.54, 1.807) is 12.1 Å². The second kappa shape index (κ2) is 8.49. The number of benzene rings is 2. The minimum absolute atomic E-state index is 0.203. The third-order valence-corrected chi connectivity index (χ3v) is 6.99. The first kappa shape index (κ1) is 22.5. The minimum Gasteiger partial charge on any atom is -0.382 e. The van der Waals surface area contributed by atoms with E-state index >= 15 is 0 Å². The van der Waals surface area contributed by atoms with E-state index in [0.717, 1.165) is 48.9 Å². The van der Waals surface area contributed by atoms with Gasteiger partial charge in [-0.25, -0.2) is 0 Å². The zero-order valence-electron chi connectivity index (χ0n) is 18.7. The quantitative estimate of drug-likeness (QED) is 0.481. The molecule has 0 bridgehead atoms. The molecule has 0 radical (unpaired) electrons. The molecule has 1 saturated carbocycles. The van der Waals surface area contributed by atoms with E-state index in [2.05, 4.69) is 5.32 Å². The molecule has 1 aliphatic carbocycles. The predicted octanol–water partition coefficient (Wildman–Crippen LogP) is 6.15. The number of halogens is 3. The lowest BCUT2D eigenvalue weighted by Gasteiger charge is -2.25. The molecular weight excluding hydrogens is 443 g/mol. The van der Waals surface area contributed by atoms with Gasteiger partial charge in [0.1, 0.15) is 0 Å². The number of rotatable bonds is 4. The molecule has 0 unspecified atom stereocenters. The number of nitrogens with zero attached hydrogens (tertiary/aromatic N) is 1. The lowest BCUT2D eigenvalue weighted by molar-refractivity contribution is -0.137. The van der Waals surface area contributed by atoms with Gasteiger partial charge in [-0.05, 0) is 55.5 Å². The van der Waals surface area contributed by atoms with Crippen LogP contribution in [0.15, 0.2) is 36.4 Å². The summed E-state index contributed by atoms with van der Waals surface area (Å²) in [5.41, 5.74) is 8.31. The number of nitrogens with one attached hydrogen (secondary N) is 1. The van der Waals surface area contributed by atoms with E-state index in [1.807, 2.05) is 6.07 Å². The Bertz CT molecular complexity index is 1290. The monoisotopic (exact) mass is 469 g/mol. The van der Waals surface area contributed by atoms with Crippen LogP contribution in [0.25, 0.3) is 22.0 Å². The standard InChI is InChI=1S/C26H26F3N3O2/c27-26(28,29)16-10-12-19-22(14-16)32-21(7-4-8-23(32)33)24(19)15-9-11-18(25(30)34)20(13-15)31-17-5-2-1-3-6-17/h9-14,17,31H,1-8H2,(H2,30,34). The lowest BCUT2D eigenvalue weighted by atomic mass is 9.93. The van der Waals surface area contributed by atoms with Gasteiger partial charge in [0, 0.05) is 34.8 Å². The van der Waals surface area contributed by atoms with Crippen molar-refractivity contribution in [2.45, 2.75) is 63.6 Å². The molecule has 1 aliphatic heterocycles. The number of anilines is 1. The Morgan fingerprint density at radius 1 is 1.00 bits per heavy atom. The van der Waals surface area contributed by atoms with E-state index < -0.39 is 17.6 Å². The highest BCUT2D eigenvalue weighted by molar-refractivity contribution is 6.06. The van der Waals surface area contributed by atoms with Crippen LogP contribution in [0.1, 0.15) is 71.4 Å². The molecule has 0 spiro atoms. The Hall–Kier alpha value is -3.29. The zero-order chi connectivity index (χ0) is 24.0. The molecule has 5 nitrogen and oxygen atoms in total. The van der Waals surface area contributed by atoms with Crippen molar-refractivity contribution in [3.63, 3.8) is 0 Å². The molecule has 0 atom stereocenters. The fourth-order valence-corrected chi connectivity index (χ4v) is 5.38. The number of aromatic nitrogens is 1. The molecule has 8 heteroatoms. The molecule has 3 N–H and O–H groups in total. The Morgan fingerprint density at radius 3 is 2.47 bits per heavy atom. The summed E-state index contributed by atoms with van der Waals surface area (Å²) in [6.45, 7) is 0. The van der Waals surface area contributed by atoms with Gasteiger partial charge in [-0.1, -0.05) is 31.4 Å². The predicted molar refractivity (Wildman–Crippen MR) is 125 cm³/mol. The molecule has 1 amide bonds. The van der Waals surface area contributed by atoms with Gasteiger partial charge in [-0.2, -0.15) is 13.2 Å². The number of hydrogen-bond acceptors (Lipinski definition) is 3. The summed E-state index contributed by atoms with van der Waals surface area (Å²) in [5, 5.41) is 4.07. The molecule has 5 rings (SSSR count). The highest BCUT2D eigenvalue weighted by Gasteiger charge is 2.33. The molecular formula is C26H26F3N3O2. The van der Waals surface area contributed by atoms with Crippen LogP contribution in [0.3, 0.4) is 0 Å². The number of carbonyl (C=O) groups excluding carboxylic acids is 2. The summed E-state index contributed by atoms with van der Waals surface area (Å²) in [6.07, 6.45) is 2.44. The third kappa shape index (κ3) is 3.95. The van der Waals surface area contributed by atoms with Crippen molar-refractivity contribution in [1.29, 1.82) is 0 Å². The third-order valence-electron chi connectivity index (χ3n) is 6.99. The molecule has 1 fully saturated rings. The summed E-state index contributed by atoms with van der Waals surface area (Å²) >= 11 is 0. The number of fused-ring (bicyclic) bond motifs is 3. The molecule has 0 saturated heterocycles. The van der Waals surface area contributed by atoms with Gasteiger partial charge < -0.3 is 11.1 Å². The summed E-state index contributed by atoms with van der Waals surface area (Å²) in [7, 11) is 0. The van der Waals surface area contributed by atoms with E-state index in [9.17, 15) is 22.8 Å². The van der Waals surface area contributed by atoms with Crippen molar-refractivity contribution < 1.29 is 22.8 Å². The van der Waals surface area contributed by atoms with Crippen molar-refractivity contribution in [3.8, 4) is 11.1 Å². The average Bonchev–Trinajstić information content (AvgIpc) is 3.14. The normalized spacial score (nSPS) is 17.1. The number of alkyl halides is 3. The smallest absolute Gasteiger partial charge is 0.382 e. The van der Waals surface area contributed by atoms with Gasteiger partial charge in [-0.15, -0.1) is 0 Å². The van der Waals surface area contributed by atoms with Crippen LogP contribution >= 0.6 is 0 Å². The maximum Gasteiger partial charge on any atom is 0.416 e. The molecule has 178 valence electrons. The van der Waals surface area contributed by atoms with Crippen LogP contribution < -0.4 is 11.1 Å². The zero-order valence-corrected chi connectivity index (χ0v) is 18.7. The fourth-order valence-electron chi connectivity index (χ4n) is 5.38. The van der Waals surface area contributed by atoms with Crippen LogP contribution in [0.5, 0.6) is 0 Å². The first-order valence-corrected chi connectivity index (χ1v) is 11.7.